The minimum Gasteiger partial charge on any atom is -0.298 e. The maximum absolute atomic E-state index is 12.7. The van der Waals surface area contributed by atoms with Crippen LogP contribution in [0.4, 0.5) is 0 Å². The molecule has 3 nitrogen and oxygen atoms in total. The molecule has 0 bridgehead atoms. The molecular formula is C19H27BrO3. The molecule has 0 heterocycles. The summed E-state index contributed by atoms with van der Waals surface area (Å²) in [7, 11) is 0. The second kappa shape index (κ2) is 5.40. The SMILES string of the molecule is CC12CCC3C(CC=C4CC(OO)CCC43C)C1CC(Br)C2=O. The van der Waals surface area contributed by atoms with Crippen molar-refractivity contribution in [2.75, 3.05) is 0 Å². The van der Waals surface area contributed by atoms with Crippen LogP contribution >= 0.6 is 15.9 Å². The molecule has 7 unspecified atom stereocenters. The normalized spacial score (nSPS) is 52.4. The molecule has 4 rings (SSSR count). The molecule has 3 fully saturated rings. The van der Waals surface area contributed by atoms with Gasteiger partial charge >= 0.3 is 0 Å². The number of carbonyl (C=O) groups excluding carboxylic acids is 1. The van der Waals surface area contributed by atoms with Crippen molar-refractivity contribution >= 4 is 21.7 Å². The molecule has 4 aliphatic rings. The fourth-order valence-corrected chi connectivity index (χ4v) is 7.39. The standard InChI is InChI=1S/C19H27BrO3/c1-18-7-5-12(23-22)9-11(18)3-4-13-14(18)6-8-19(2)15(13)10-16(20)17(19)21/h3,12-16,22H,4-10H2,1-2H3. The molecule has 0 saturated heterocycles. The van der Waals surface area contributed by atoms with Gasteiger partial charge < -0.3 is 0 Å². The Morgan fingerprint density at radius 3 is 2.70 bits per heavy atom. The molecule has 0 aliphatic heterocycles. The predicted octanol–water partition coefficient (Wildman–Crippen LogP) is 4.75. The zero-order valence-electron chi connectivity index (χ0n) is 14.1. The summed E-state index contributed by atoms with van der Waals surface area (Å²) < 4.78 is 0. The topological polar surface area (TPSA) is 46.5 Å². The van der Waals surface area contributed by atoms with Crippen LogP contribution in [-0.4, -0.2) is 22.0 Å². The van der Waals surface area contributed by atoms with Crippen molar-refractivity contribution in [2.24, 2.45) is 28.6 Å². The highest BCUT2D eigenvalue weighted by Crippen LogP contribution is 2.64. The van der Waals surface area contributed by atoms with Gasteiger partial charge in [-0.1, -0.05) is 41.4 Å². The molecule has 7 atom stereocenters. The molecular weight excluding hydrogens is 356 g/mol. The predicted molar refractivity (Wildman–Crippen MR) is 92.3 cm³/mol. The Bertz CT molecular complexity index is 559. The van der Waals surface area contributed by atoms with E-state index >= 15 is 0 Å². The molecule has 1 N–H and O–H groups in total. The van der Waals surface area contributed by atoms with E-state index in [1.807, 2.05) is 0 Å². The quantitative estimate of drug-likeness (QED) is 0.308. The van der Waals surface area contributed by atoms with Crippen LogP contribution in [0.5, 0.6) is 0 Å². The van der Waals surface area contributed by atoms with Gasteiger partial charge in [0.15, 0.2) is 5.78 Å². The minimum atomic E-state index is -0.109. The summed E-state index contributed by atoms with van der Waals surface area (Å²) in [6, 6.07) is 0. The number of carbonyl (C=O) groups is 1. The summed E-state index contributed by atoms with van der Waals surface area (Å²) >= 11 is 3.64. The lowest BCUT2D eigenvalue weighted by atomic mass is 9.48. The summed E-state index contributed by atoms with van der Waals surface area (Å²) in [5, 5.41) is 9.04. The van der Waals surface area contributed by atoms with Crippen LogP contribution in [0, 0.1) is 28.6 Å². The van der Waals surface area contributed by atoms with Crippen molar-refractivity contribution in [1.82, 2.24) is 0 Å². The summed E-state index contributed by atoms with van der Waals surface area (Å²) in [4.78, 5) is 17.4. The van der Waals surface area contributed by atoms with Gasteiger partial charge in [0.2, 0.25) is 0 Å². The van der Waals surface area contributed by atoms with Crippen LogP contribution in [0.3, 0.4) is 0 Å². The van der Waals surface area contributed by atoms with Crippen molar-refractivity contribution < 1.29 is 14.9 Å². The number of fused-ring (bicyclic) bond motifs is 5. The number of halogens is 1. The van der Waals surface area contributed by atoms with Crippen LogP contribution in [0.15, 0.2) is 11.6 Å². The average Bonchev–Trinajstić information content (AvgIpc) is 2.78. The highest BCUT2D eigenvalue weighted by molar-refractivity contribution is 9.10. The number of allylic oxidation sites excluding steroid dienone is 1. The van der Waals surface area contributed by atoms with Gasteiger partial charge in [-0.3, -0.25) is 10.1 Å². The third kappa shape index (κ3) is 2.17. The van der Waals surface area contributed by atoms with E-state index in [9.17, 15) is 4.79 Å². The van der Waals surface area contributed by atoms with E-state index in [2.05, 4.69) is 40.7 Å². The van der Waals surface area contributed by atoms with Gasteiger partial charge in [-0.2, -0.15) is 0 Å². The average molecular weight is 383 g/mol. The molecule has 23 heavy (non-hydrogen) atoms. The lowest BCUT2D eigenvalue weighted by Gasteiger charge is -2.56. The zero-order chi connectivity index (χ0) is 16.4. The van der Waals surface area contributed by atoms with Crippen molar-refractivity contribution in [3.63, 3.8) is 0 Å². The second-order valence-corrected chi connectivity index (χ2v) is 9.86. The number of rotatable bonds is 1. The van der Waals surface area contributed by atoms with E-state index in [-0.39, 0.29) is 21.8 Å². The Labute approximate surface area is 146 Å². The van der Waals surface area contributed by atoms with Gasteiger partial charge in [0, 0.05) is 5.41 Å². The molecule has 0 aromatic rings. The number of Topliss-reactive ketones (excluding diaryl/α,β-unsaturated/α-hetero) is 1. The highest BCUT2D eigenvalue weighted by Gasteiger charge is 2.60. The van der Waals surface area contributed by atoms with Crippen molar-refractivity contribution in [3.8, 4) is 0 Å². The summed E-state index contributed by atoms with van der Waals surface area (Å²) in [5.41, 5.74) is 1.63. The summed E-state index contributed by atoms with van der Waals surface area (Å²) in [6.07, 6.45) is 9.63. The molecule has 0 aromatic heterocycles. The Kier molecular flexibility index (Phi) is 3.83. The first-order chi connectivity index (χ1) is 10.9. The number of alkyl halides is 1. The maximum Gasteiger partial charge on any atom is 0.152 e. The van der Waals surface area contributed by atoms with E-state index in [0.29, 0.717) is 23.5 Å². The number of ketones is 1. The van der Waals surface area contributed by atoms with Gasteiger partial charge in [-0.05, 0) is 68.1 Å². The van der Waals surface area contributed by atoms with Gasteiger partial charge in [0.05, 0.1) is 10.9 Å². The van der Waals surface area contributed by atoms with Gasteiger partial charge in [0.25, 0.3) is 0 Å². The molecule has 4 aliphatic carbocycles. The second-order valence-electron chi connectivity index (χ2n) is 8.75. The Morgan fingerprint density at radius 1 is 1.22 bits per heavy atom. The summed E-state index contributed by atoms with van der Waals surface area (Å²) in [5.74, 6) is 2.30. The van der Waals surface area contributed by atoms with Crippen molar-refractivity contribution in [1.29, 1.82) is 0 Å². The molecule has 0 aromatic carbocycles. The van der Waals surface area contributed by atoms with Crippen LogP contribution in [0.1, 0.15) is 58.8 Å². The van der Waals surface area contributed by atoms with Gasteiger partial charge in [-0.25, -0.2) is 4.89 Å². The summed E-state index contributed by atoms with van der Waals surface area (Å²) in [6.45, 7) is 4.64. The van der Waals surface area contributed by atoms with E-state index < -0.39 is 0 Å². The fourth-order valence-electron chi connectivity index (χ4n) is 6.47. The van der Waals surface area contributed by atoms with E-state index in [1.54, 1.807) is 0 Å². The first-order valence-electron chi connectivity index (χ1n) is 9.08. The largest absolute Gasteiger partial charge is 0.298 e. The molecule has 0 radical (unpaired) electrons. The van der Waals surface area contributed by atoms with E-state index in [0.717, 1.165) is 38.5 Å². The Balaban J connectivity index is 1.66. The zero-order valence-corrected chi connectivity index (χ0v) is 15.6. The van der Waals surface area contributed by atoms with Crippen molar-refractivity contribution in [2.45, 2.75) is 69.7 Å². The monoisotopic (exact) mass is 382 g/mol. The lowest BCUT2D eigenvalue weighted by molar-refractivity contribution is -0.284. The van der Waals surface area contributed by atoms with Crippen molar-refractivity contribution in [3.05, 3.63) is 11.6 Å². The molecule has 0 amide bonds. The maximum atomic E-state index is 12.7. The van der Waals surface area contributed by atoms with Crippen LogP contribution in [0.2, 0.25) is 0 Å². The van der Waals surface area contributed by atoms with Gasteiger partial charge in [0.1, 0.15) is 0 Å². The third-order valence-corrected chi connectivity index (χ3v) is 8.70. The first-order valence-corrected chi connectivity index (χ1v) is 10.00. The number of hydrogen-bond donors (Lipinski definition) is 1. The van der Waals surface area contributed by atoms with E-state index in [1.165, 1.54) is 12.0 Å². The molecule has 3 saturated carbocycles. The van der Waals surface area contributed by atoms with Crippen LogP contribution in [0.25, 0.3) is 0 Å². The van der Waals surface area contributed by atoms with E-state index in [4.69, 9.17) is 5.26 Å². The third-order valence-electron chi connectivity index (χ3n) is 7.91. The molecule has 128 valence electrons. The molecule has 4 heteroatoms. The lowest BCUT2D eigenvalue weighted by Crippen LogP contribution is -2.50. The smallest absolute Gasteiger partial charge is 0.152 e. The highest BCUT2D eigenvalue weighted by atomic mass is 79.9. The number of hydrogen-bond acceptors (Lipinski definition) is 3. The Morgan fingerprint density at radius 2 is 1.96 bits per heavy atom. The molecule has 0 spiro atoms. The first kappa shape index (κ1) is 16.3. The Hall–Kier alpha value is -0.190. The van der Waals surface area contributed by atoms with Gasteiger partial charge in [-0.15, -0.1) is 0 Å². The fraction of sp³-hybridized carbons (Fsp3) is 0.842. The van der Waals surface area contributed by atoms with Crippen LogP contribution < -0.4 is 0 Å². The van der Waals surface area contributed by atoms with Crippen LogP contribution in [-0.2, 0) is 9.68 Å². The minimum absolute atomic E-state index is 0.0280.